The molecule has 0 aliphatic carbocycles. The van der Waals surface area contributed by atoms with Gasteiger partial charge in [-0.25, -0.2) is 4.98 Å². The fourth-order valence-electron chi connectivity index (χ4n) is 2.57. The van der Waals surface area contributed by atoms with Crippen molar-refractivity contribution in [2.45, 2.75) is 17.9 Å². The Hall–Kier alpha value is -2.52. The second-order valence-corrected chi connectivity index (χ2v) is 7.42. The van der Waals surface area contributed by atoms with E-state index in [0.717, 1.165) is 11.8 Å². The number of nitrogens with one attached hydrogen (secondary N) is 1. The summed E-state index contributed by atoms with van der Waals surface area (Å²) in [7, 11) is 0. The van der Waals surface area contributed by atoms with Crippen LogP contribution in [0.25, 0.3) is 10.9 Å². The van der Waals surface area contributed by atoms with Crippen LogP contribution in [0.1, 0.15) is 5.56 Å². The lowest BCUT2D eigenvalue weighted by Crippen LogP contribution is -2.35. The number of thioether (sulfide) groups is 1. The van der Waals surface area contributed by atoms with Crippen molar-refractivity contribution in [1.29, 1.82) is 0 Å². The number of carbonyl (C=O) groups is 1. The first-order valence-corrected chi connectivity index (χ1v) is 9.80. The van der Waals surface area contributed by atoms with Gasteiger partial charge in [0.05, 0.1) is 23.2 Å². The average Bonchev–Trinajstić information content (AvgIpc) is 2.68. The van der Waals surface area contributed by atoms with Crippen molar-refractivity contribution in [3.8, 4) is 0 Å². The van der Waals surface area contributed by atoms with Crippen LogP contribution in [0, 0.1) is 0 Å². The fourth-order valence-corrected chi connectivity index (χ4v) is 3.60. The number of rotatable bonds is 6. The molecule has 1 aromatic heterocycles. The van der Waals surface area contributed by atoms with Crippen molar-refractivity contribution < 1.29 is 18.0 Å². The molecule has 0 unspecified atom stereocenters. The Kier molecular flexibility index (Phi) is 6.49. The van der Waals surface area contributed by atoms with Crippen molar-refractivity contribution in [2.24, 2.45) is 0 Å². The summed E-state index contributed by atoms with van der Waals surface area (Å²) in [6.45, 7) is -1.30. The maximum Gasteiger partial charge on any atom is 0.405 e. The Balaban J connectivity index is 1.91. The van der Waals surface area contributed by atoms with Gasteiger partial charge in [-0.3, -0.25) is 14.2 Å². The summed E-state index contributed by atoms with van der Waals surface area (Å²) >= 11 is 7.08. The van der Waals surface area contributed by atoms with Gasteiger partial charge in [0.1, 0.15) is 6.54 Å². The highest BCUT2D eigenvalue weighted by atomic mass is 35.5. The number of fused-ring (bicyclic) bond motifs is 1. The molecular weight excluding hydrogens is 427 g/mol. The Morgan fingerprint density at radius 2 is 1.83 bits per heavy atom. The minimum absolute atomic E-state index is 0.114. The molecule has 0 saturated heterocycles. The van der Waals surface area contributed by atoms with Crippen LogP contribution >= 0.6 is 23.4 Å². The average molecular weight is 442 g/mol. The summed E-state index contributed by atoms with van der Waals surface area (Å²) in [6, 6.07) is 13.7. The van der Waals surface area contributed by atoms with Crippen LogP contribution in [-0.2, 0) is 11.3 Å². The molecule has 1 amide bonds. The van der Waals surface area contributed by atoms with Crippen molar-refractivity contribution >= 4 is 40.2 Å². The topological polar surface area (TPSA) is 64.0 Å². The number of aromatic nitrogens is 2. The van der Waals surface area contributed by atoms with E-state index in [9.17, 15) is 22.8 Å². The first-order valence-electron chi connectivity index (χ1n) is 8.44. The molecule has 3 aromatic rings. The highest BCUT2D eigenvalue weighted by Gasteiger charge is 2.27. The second-order valence-electron chi connectivity index (χ2n) is 6.07. The van der Waals surface area contributed by atoms with Crippen LogP contribution in [0.2, 0.25) is 5.02 Å². The van der Waals surface area contributed by atoms with Gasteiger partial charge in [0.15, 0.2) is 5.16 Å². The quantitative estimate of drug-likeness (QED) is 0.466. The van der Waals surface area contributed by atoms with Crippen molar-refractivity contribution in [3.63, 3.8) is 0 Å². The molecule has 0 saturated carbocycles. The fraction of sp³-hybridized carbons (Fsp3) is 0.211. The van der Waals surface area contributed by atoms with Crippen LogP contribution in [0.5, 0.6) is 0 Å². The van der Waals surface area contributed by atoms with E-state index in [0.29, 0.717) is 21.5 Å². The number of carbonyl (C=O) groups excluding carboxylic acids is 1. The Labute approximate surface area is 172 Å². The molecule has 0 aliphatic rings. The molecule has 0 radical (unpaired) electrons. The van der Waals surface area contributed by atoms with E-state index in [4.69, 9.17) is 11.6 Å². The van der Waals surface area contributed by atoms with E-state index >= 15 is 0 Å². The minimum Gasteiger partial charge on any atom is -0.346 e. The summed E-state index contributed by atoms with van der Waals surface area (Å²) in [4.78, 5) is 29.2. The summed E-state index contributed by atoms with van der Waals surface area (Å²) in [6.07, 6.45) is -4.49. The van der Waals surface area contributed by atoms with Gasteiger partial charge < -0.3 is 5.32 Å². The predicted octanol–water partition coefficient (Wildman–Crippen LogP) is 3.87. The summed E-state index contributed by atoms with van der Waals surface area (Å²) in [5.41, 5.74) is 0.788. The number of hydrogen-bond donors (Lipinski definition) is 1. The first-order chi connectivity index (χ1) is 13.7. The number of alkyl halides is 3. The standard InChI is InChI=1S/C19H15ClF3N3O2S/c20-14-7-3-1-5-12(14)9-26-17(28)13-6-2-4-8-15(13)25-18(26)29-10-16(27)24-11-19(21,22)23/h1-8H,9-11H2,(H,24,27). The monoisotopic (exact) mass is 441 g/mol. The molecule has 152 valence electrons. The van der Waals surface area contributed by atoms with Gasteiger partial charge in [-0.05, 0) is 23.8 Å². The minimum atomic E-state index is -4.49. The molecule has 0 spiro atoms. The lowest BCUT2D eigenvalue weighted by Gasteiger charge is -2.14. The van der Waals surface area contributed by atoms with E-state index < -0.39 is 18.6 Å². The van der Waals surface area contributed by atoms with Crippen LogP contribution in [-0.4, -0.2) is 33.9 Å². The molecule has 10 heteroatoms. The van der Waals surface area contributed by atoms with Crippen LogP contribution in [0.3, 0.4) is 0 Å². The van der Waals surface area contributed by atoms with E-state index in [1.165, 1.54) is 4.57 Å². The smallest absolute Gasteiger partial charge is 0.346 e. The van der Waals surface area contributed by atoms with Gasteiger partial charge in [0, 0.05) is 5.02 Å². The number of halogens is 4. The SMILES string of the molecule is O=C(CSc1nc2ccccc2c(=O)n1Cc1ccccc1Cl)NCC(F)(F)F. The van der Waals surface area contributed by atoms with Gasteiger partial charge in [0.25, 0.3) is 5.56 Å². The van der Waals surface area contributed by atoms with Gasteiger partial charge in [-0.15, -0.1) is 0 Å². The molecule has 2 aromatic carbocycles. The molecule has 3 rings (SSSR count). The van der Waals surface area contributed by atoms with Crippen LogP contribution < -0.4 is 10.9 Å². The molecule has 1 N–H and O–H groups in total. The van der Waals surface area contributed by atoms with Crippen LogP contribution in [0.4, 0.5) is 13.2 Å². The van der Waals surface area contributed by atoms with Crippen molar-refractivity contribution in [2.75, 3.05) is 12.3 Å². The first kappa shape index (κ1) is 21.2. The van der Waals surface area contributed by atoms with E-state index in [1.807, 2.05) is 0 Å². The second kappa shape index (κ2) is 8.87. The maximum absolute atomic E-state index is 13.0. The molecule has 29 heavy (non-hydrogen) atoms. The highest BCUT2D eigenvalue weighted by Crippen LogP contribution is 2.22. The Bertz CT molecular complexity index is 1100. The maximum atomic E-state index is 13.0. The molecule has 5 nitrogen and oxygen atoms in total. The van der Waals surface area contributed by atoms with E-state index in [2.05, 4.69) is 4.98 Å². The molecule has 0 aliphatic heterocycles. The van der Waals surface area contributed by atoms with E-state index in [-0.39, 0.29) is 23.0 Å². The van der Waals surface area contributed by atoms with Crippen LogP contribution in [0.15, 0.2) is 58.5 Å². The van der Waals surface area contributed by atoms with Gasteiger partial charge >= 0.3 is 6.18 Å². The normalized spacial score (nSPS) is 11.6. The Morgan fingerprint density at radius 1 is 1.14 bits per heavy atom. The molecule has 1 heterocycles. The van der Waals surface area contributed by atoms with Crippen molar-refractivity contribution in [1.82, 2.24) is 14.9 Å². The number of benzene rings is 2. The number of nitrogens with zero attached hydrogens (tertiary/aromatic N) is 2. The third-order valence-electron chi connectivity index (χ3n) is 3.93. The largest absolute Gasteiger partial charge is 0.405 e. The number of hydrogen-bond acceptors (Lipinski definition) is 4. The summed E-state index contributed by atoms with van der Waals surface area (Å²) in [5.74, 6) is -1.12. The summed E-state index contributed by atoms with van der Waals surface area (Å²) in [5, 5.41) is 2.88. The third kappa shape index (κ3) is 5.51. The summed E-state index contributed by atoms with van der Waals surface area (Å²) < 4.78 is 38.1. The van der Waals surface area contributed by atoms with Crippen molar-refractivity contribution in [3.05, 3.63) is 69.5 Å². The molecule has 0 fully saturated rings. The Morgan fingerprint density at radius 3 is 2.55 bits per heavy atom. The zero-order valence-corrected chi connectivity index (χ0v) is 16.4. The number of amides is 1. The molecular formula is C19H15ClF3N3O2S. The highest BCUT2D eigenvalue weighted by molar-refractivity contribution is 7.99. The predicted molar refractivity (Wildman–Crippen MR) is 106 cm³/mol. The van der Waals surface area contributed by atoms with E-state index in [1.54, 1.807) is 53.8 Å². The lowest BCUT2D eigenvalue weighted by molar-refractivity contribution is -0.136. The third-order valence-corrected chi connectivity index (χ3v) is 5.28. The zero-order valence-electron chi connectivity index (χ0n) is 14.9. The number of para-hydroxylation sites is 1. The van der Waals surface area contributed by atoms with Gasteiger partial charge in [0.2, 0.25) is 5.91 Å². The van der Waals surface area contributed by atoms with Gasteiger partial charge in [-0.2, -0.15) is 13.2 Å². The zero-order chi connectivity index (χ0) is 21.0. The molecule has 0 bridgehead atoms. The molecule has 0 atom stereocenters. The lowest BCUT2D eigenvalue weighted by atomic mass is 10.2. The van der Waals surface area contributed by atoms with Gasteiger partial charge in [-0.1, -0.05) is 53.7 Å².